The highest BCUT2D eigenvalue weighted by atomic mass is 32.1. The van der Waals surface area contributed by atoms with Crippen molar-refractivity contribution in [3.05, 3.63) is 0 Å². The monoisotopic (exact) mass is 175 g/mol. The molecule has 0 aromatic rings. The van der Waals surface area contributed by atoms with Crippen LogP contribution in [-0.2, 0) is 4.79 Å². The Morgan fingerprint density at radius 3 is 2.55 bits per heavy atom. The molecule has 0 saturated carbocycles. The Balaban J connectivity index is 3.92. The van der Waals surface area contributed by atoms with Gasteiger partial charge in [-0.15, -0.1) is 0 Å². The molecule has 0 unspecified atom stereocenters. The second-order valence-electron chi connectivity index (χ2n) is 1.69. The zero-order valence-corrected chi connectivity index (χ0v) is 7.03. The summed E-state index contributed by atoms with van der Waals surface area (Å²) in [5, 5.41) is 14.7. The number of hydrazone groups is 1. The largest absolute Gasteiger partial charge is 0.477 e. The third kappa shape index (κ3) is 4.26. The van der Waals surface area contributed by atoms with Gasteiger partial charge in [-0.1, -0.05) is 0 Å². The van der Waals surface area contributed by atoms with Crippen LogP contribution in [0.3, 0.4) is 0 Å². The van der Waals surface area contributed by atoms with Crippen LogP contribution in [0.5, 0.6) is 0 Å². The van der Waals surface area contributed by atoms with E-state index in [2.05, 4.69) is 28.1 Å². The van der Waals surface area contributed by atoms with Crippen molar-refractivity contribution in [2.45, 2.75) is 6.92 Å². The van der Waals surface area contributed by atoms with Gasteiger partial charge in [-0.3, -0.25) is 5.43 Å². The number of aliphatic carboxylic acids is 1. The van der Waals surface area contributed by atoms with Crippen LogP contribution < -0.4 is 10.7 Å². The number of nitrogens with one attached hydrogen (secondary N) is 2. The first kappa shape index (κ1) is 9.83. The summed E-state index contributed by atoms with van der Waals surface area (Å²) in [5.41, 5.74) is 2.30. The van der Waals surface area contributed by atoms with Crippen molar-refractivity contribution >= 4 is 29.0 Å². The molecule has 0 radical (unpaired) electrons. The van der Waals surface area contributed by atoms with Crippen LogP contribution in [0.4, 0.5) is 0 Å². The molecule has 0 aliphatic heterocycles. The number of rotatable bonds is 2. The molecule has 6 heteroatoms. The Hall–Kier alpha value is -1.17. The van der Waals surface area contributed by atoms with Crippen LogP contribution in [0.15, 0.2) is 5.10 Å². The summed E-state index contributed by atoms with van der Waals surface area (Å²) in [7, 11) is 1.61. The van der Waals surface area contributed by atoms with Crippen molar-refractivity contribution < 1.29 is 9.90 Å². The second-order valence-corrected chi connectivity index (χ2v) is 2.10. The maximum atomic E-state index is 10.2. The third-order valence-corrected chi connectivity index (χ3v) is 1.16. The van der Waals surface area contributed by atoms with E-state index >= 15 is 0 Å². The van der Waals surface area contributed by atoms with Gasteiger partial charge in [0.1, 0.15) is 5.71 Å². The highest BCUT2D eigenvalue weighted by Crippen LogP contribution is 1.74. The lowest BCUT2D eigenvalue weighted by Crippen LogP contribution is -2.30. The lowest BCUT2D eigenvalue weighted by Gasteiger charge is -1.99. The third-order valence-electron chi connectivity index (χ3n) is 0.862. The van der Waals surface area contributed by atoms with Gasteiger partial charge in [0.2, 0.25) is 0 Å². The van der Waals surface area contributed by atoms with Gasteiger partial charge in [0, 0.05) is 7.05 Å². The van der Waals surface area contributed by atoms with E-state index in [9.17, 15) is 4.79 Å². The first-order valence-electron chi connectivity index (χ1n) is 2.83. The molecule has 0 heterocycles. The first-order valence-corrected chi connectivity index (χ1v) is 3.24. The normalized spacial score (nSPS) is 10.5. The maximum Gasteiger partial charge on any atom is 0.351 e. The van der Waals surface area contributed by atoms with Crippen LogP contribution in [0, 0.1) is 0 Å². The van der Waals surface area contributed by atoms with E-state index in [0.717, 1.165) is 0 Å². The van der Waals surface area contributed by atoms with E-state index in [1.165, 1.54) is 6.92 Å². The van der Waals surface area contributed by atoms with Crippen molar-refractivity contribution in [1.29, 1.82) is 0 Å². The molecule has 5 nitrogen and oxygen atoms in total. The lowest BCUT2D eigenvalue weighted by molar-refractivity contribution is -0.129. The van der Waals surface area contributed by atoms with Crippen molar-refractivity contribution in [1.82, 2.24) is 10.7 Å². The summed E-state index contributed by atoms with van der Waals surface area (Å²) in [6.45, 7) is 1.37. The summed E-state index contributed by atoms with van der Waals surface area (Å²) < 4.78 is 0. The number of hydrogen-bond donors (Lipinski definition) is 3. The predicted molar refractivity (Wildman–Crippen MR) is 45.5 cm³/mol. The molecule has 0 bridgehead atoms. The van der Waals surface area contributed by atoms with E-state index in [1.54, 1.807) is 7.05 Å². The van der Waals surface area contributed by atoms with E-state index in [1.807, 2.05) is 0 Å². The minimum Gasteiger partial charge on any atom is -0.477 e. The van der Waals surface area contributed by atoms with Crippen molar-refractivity contribution in [2.75, 3.05) is 7.05 Å². The summed E-state index contributed by atoms with van der Waals surface area (Å²) in [5.74, 6) is -1.07. The van der Waals surface area contributed by atoms with E-state index in [-0.39, 0.29) is 10.8 Å². The number of hydrogen-bond acceptors (Lipinski definition) is 3. The molecule has 11 heavy (non-hydrogen) atoms. The average molecular weight is 175 g/mol. The summed E-state index contributed by atoms with van der Waals surface area (Å²) in [6.07, 6.45) is 0. The number of carboxylic acids is 1. The number of thiocarbonyl (C=S) groups is 1. The first-order chi connectivity index (χ1) is 5.07. The highest BCUT2D eigenvalue weighted by Gasteiger charge is 2.00. The van der Waals surface area contributed by atoms with Crippen molar-refractivity contribution in [3.8, 4) is 0 Å². The summed E-state index contributed by atoms with van der Waals surface area (Å²) in [6, 6.07) is 0. The highest BCUT2D eigenvalue weighted by molar-refractivity contribution is 7.80. The smallest absolute Gasteiger partial charge is 0.351 e. The van der Waals surface area contributed by atoms with Crippen molar-refractivity contribution in [3.63, 3.8) is 0 Å². The summed E-state index contributed by atoms with van der Waals surface area (Å²) in [4.78, 5) is 10.2. The van der Waals surface area contributed by atoms with E-state index in [4.69, 9.17) is 5.11 Å². The lowest BCUT2D eigenvalue weighted by atomic mass is 10.4. The Bertz CT molecular complexity index is 202. The zero-order valence-electron chi connectivity index (χ0n) is 6.21. The molecular weight excluding hydrogens is 166 g/mol. The number of carbonyl (C=O) groups is 1. The fourth-order valence-corrected chi connectivity index (χ4v) is 0.284. The molecule has 0 amide bonds. The Morgan fingerprint density at radius 2 is 2.18 bits per heavy atom. The average Bonchev–Trinajstić information content (AvgIpc) is 1.99. The number of carboxylic acid groups (broad SMARTS) is 1. The Labute approximate surface area is 69.5 Å². The number of nitrogens with zero attached hydrogens (tertiary/aromatic N) is 1. The molecule has 0 aromatic heterocycles. The predicted octanol–water partition coefficient (Wildman–Crippen LogP) is -0.459. The molecule has 0 fully saturated rings. The van der Waals surface area contributed by atoms with Gasteiger partial charge in [-0.2, -0.15) is 5.10 Å². The van der Waals surface area contributed by atoms with Crippen LogP contribution in [-0.4, -0.2) is 28.9 Å². The second kappa shape index (κ2) is 4.62. The molecule has 3 N–H and O–H groups in total. The standard InChI is InChI=1S/C5H9N3O2S/c1-3(4(9)10)7-8-5(11)6-2/h1-2H3,(H,9,10)(H2,6,8,11)/b7-3+. The van der Waals surface area contributed by atoms with Gasteiger partial charge in [0.15, 0.2) is 5.11 Å². The van der Waals surface area contributed by atoms with Crippen molar-refractivity contribution in [2.24, 2.45) is 5.10 Å². The molecule has 0 aliphatic rings. The zero-order chi connectivity index (χ0) is 8.85. The molecule has 0 aromatic carbocycles. The van der Waals surface area contributed by atoms with Gasteiger partial charge in [0.25, 0.3) is 0 Å². The fourth-order valence-electron chi connectivity index (χ4n) is 0.238. The van der Waals surface area contributed by atoms with Gasteiger partial charge in [-0.05, 0) is 19.1 Å². The quantitative estimate of drug-likeness (QED) is 0.301. The molecule has 62 valence electrons. The van der Waals surface area contributed by atoms with Crippen LogP contribution in [0.25, 0.3) is 0 Å². The van der Waals surface area contributed by atoms with Gasteiger partial charge in [-0.25, -0.2) is 4.79 Å². The maximum absolute atomic E-state index is 10.2. The minimum absolute atomic E-state index is 0.0393. The van der Waals surface area contributed by atoms with E-state index < -0.39 is 5.97 Å². The van der Waals surface area contributed by atoms with Gasteiger partial charge >= 0.3 is 5.97 Å². The SMILES string of the molecule is CNC(=S)N/N=C(\C)C(=O)O. The molecular formula is C5H9N3O2S. The van der Waals surface area contributed by atoms with Crippen LogP contribution >= 0.6 is 12.2 Å². The molecule has 0 aliphatic carbocycles. The summed E-state index contributed by atoms with van der Waals surface area (Å²) >= 11 is 4.64. The van der Waals surface area contributed by atoms with Gasteiger partial charge in [0.05, 0.1) is 0 Å². The fraction of sp³-hybridized carbons (Fsp3) is 0.400. The molecule has 0 rings (SSSR count). The van der Waals surface area contributed by atoms with Gasteiger partial charge < -0.3 is 10.4 Å². The molecule has 0 spiro atoms. The van der Waals surface area contributed by atoms with Crippen LogP contribution in [0.1, 0.15) is 6.92 Å². The topological polar surface area (TPSA) is 73.7 Å². The van der Waals surface area contributed by atoms with E-state index in [0.29, 0.717) is 0 Å². The minimum atomic E-state index is -1.07. The Kier molecular flexibility index (Phi) is 4.12. The molecule has 0 atom stereocenters. The molecule has 0 saturated heterocycles. The van der Waals surface area contributed by atoms with Crippen LogP contribution in [0.2, 0.25) is 0 Å². The Morgan fingerprint density at radius 1 is 1.64 bits per heavy atom.